The second-order valence-corrected chi connectivity index (χ2v) is 10.9. The van der Waals surface area contributed by atoms with E-state index in [2.05, 4.69) is 5.32 Å². The molecule has 0 aliphatic heterocycles. The van der Waals surface area contributed by atoms with Gasteiger partial charge >= 0.3 is 12.1 Å². The van der Waals surface area contributed by atoms with Crippen LogP contribution in [0.2, 0.25) is 0 Å². The van der Waals surface area contributed by atoms with Crippen LogP contribution in [0.15, 0.2) is 0 Å². The molecule has 0 radical (unpaired) electrons. The molecule has 6 heteroatoms. The van der Waals surface area contributed by atoms with Crippen molar-refractivity contribution in [1.29, 1.82) is 0 Å². The van der Waals surface area contributed by atoms with Crippen molar-refractivity contribution in [2.24, 2.45) is 29.1 Å². The van der Waals surface area contributed by atoms with Crippen molar-refractivity contribution in [3.05, 3.63) is 0 Å². The van der Waals surface area contributed by atoms with Crippen LogP contribution in [0.4, 0.5) is 4.79 Å². The molecule has 2 atom stereocenters. The van der Waals surface area contributed by atoms with Gasteiger partial charge in [0.1, 0.15) is 5.60 Å². The first-order chi connectivity index (χ1) is 13.6. The molecule has 166 valence electrons. The highest BCUT2D eigenvalue weighted by molar-refractivity contribution is 5.70. The van der Waals surface area contributed by atoms with Gasteiger partial charge in [0.25, 0.3) is 0 Å². The lowest BCUT2D eigenvalue weighted by atomic mass is 9.48. The molecule has 4 fully saturated rings. The van der Waals surface area contributed by atoms with Gasteiger partial charge in [-0.3, -0.25) is 4.79 Å². The van der Waals surface area contributed by atoms with E-state index in [0.717, 1.165) is 24.2 Å². The highest BCUT2D eigenvalue weighted by atomic mass is 16.6. The molecular weight excluding hydrogens is 370 g/mol. The number of hydrogen-bond donors (Lipinski definition) is 2. The zero-order chi connectivity index (χ0) is 21.2. The van der Waals surface area contributed by atoms with Gasteiger partial charge in [0, 0.05) is 13.2 Å². The Hall–Kier alpha value is -1.30. The Morgan fingerprint density at radius 1 is 1.10 bits per heavy atom. The smallest absolute Gasteiger partial charge is 0.407 e. The van der Waals surface area contributed by atoms with Crippen LogP contribution >= 0.6 is 0 Å². The normalized spacial score (nSPS) is 32.6. The van der Waals surface area contributed by atoms with Crippen molar-refractivity contribution in [1.82, 2.24) is 5.32 Å². The largest absolute Gasteiger partial charge is 0.481 e. The Kier molecular flexibility index (Phi) is 6.81. The summed E-state index contributed by atoms with van der Waals surface area (Å²) in [5, 5.41) is 12.3. The van der Waals surface area contributed by atoms with Gasteiger partial charge < -0.3 is 19.9 Å². The van der Waals surface area contributed by atoms with Gasteiger partial charge in [-0.05, 0) is 102 Å². The summed E-state index contributed by atoms with van der Waals surface area (Å²) in [6.07, 6.45) is 8.74. The molecule has 2 N–H and O–H groups in total. The zero-order valence-corrected chi connectivity index (χ0v) is 18.5. The van der Waals surface area contributed by atoms with Crippen molar-refractivity contribution in [3.8, 4) is 0 Å². The minimum atomic E-state index is -0.786. The van der Waals surface area contributed by atoms with Crippen molar-refractivity contribution in [2.45, 2.75) is 90.8 Å². The fraction of sp³-hybridized carbons (Fsp3) is 0.913. The molecule has 0 aromatic heterocycles. The van der Waals surface area contributed by atoms with Gasteiger partial charge in [-0.25, -0.2) is 4.79 Å². The summed E-state index contributed by atoms with van der Waals surface area (Å²) in [5.41, 5.74) is -0.224. The van der Waals surface area contributed by atoms with E-state index in [1.54, 1.807) is 6.92 Å². The number of rotatable bonds is 9. The molecule has 4 aliphatic rings. The van der Waals surface area contributed by atoms with Gasteiger partial charge in [-0.1, -0.05) is 0 Å². The number of nitrogens with one attached hydrogen (secondary N) is 1. The summed E-state index contributed by atoms with van der Waals surface area (Å²) in [6, 6.07) is 0. The van der Waals surface area contributed by atoms with Crippen LogP contribution in [0.25, 0.3) is 0 Å². The van der Waals surface area contributed by atoms with E-state index in [-0.39, 0.29) is 11.5 Å². The van der Waals surface area contributed by atoms with Gasteiger partial charge in [-0.2, -0.15) is 0 Å². The quantitative estimate of drug-likeness (QED) is 0.543. The topological polar surface area (TPSA) is 84.9 Å². The monoisotopic (exact) mass is 409 g/mol. The van der Waals surface area contributed by atoms with Crippen LogP contribution in [-0.4, -0.2) is 42.0 Å². The van der Waals surface area contributed by atoms with Crippen LogP contribution in [0.3, 0.4) is 0 Å². The van der Waals surface area contributed by atoms with E-state index >= 15 is 0 Å². The predicted octanol–water partition coefficient (Wildman–Crippen LogP) is 4.61. The molecule has 0 unspecified atom stereocenters. The van der Waals surface area contributed by atoms with Gasteiger partial charge in [0.05, 0.1) is 12.0 Å². The Labute approximate surface area is 175 Å². The summed E-state index contributed by atoms with van der Waals surface area (Å²) in [6.45, 7) is 8.17. The number of carbonyl (C=O) groups excluding carboxylic acids is 1. The summed E-state index contributed by atoms with van der Waals surface area (Å²) < 4.78 is 11.3. The lowest BCUT2D eigenvalue weighted by molar-refractivity contribution is -0.150. The number of carboxylic acid groups (broad SMARTS) is 1. The minimum absolute atomic E-state index is 0.259. The van der Waals surface area contributed by atoms with Crippen molar-refractivity contribution >= 4 is 12.1 Å². The summed E-state index contributed by atoms with van der Waals surface area (Å²) in [7, 11) is 0. The van der Waals surface area contributed by atoms with Crippen molar-refractivity contribution in [2.75, 3.05) is 13.2 Å². The maximum atomic E-state index is 11.7. The number of ether oxygens (including phenoxy) is 2. The molecule has 1 amide bonds. The summed E-state index contributed by atoms with van der Waals surface area (Å²) in [4.78, 5) is 23.4. The summed E-state index contributed by atoms with van der Waals surface area (Å²) in [5.74, 6) is 1.24. The molecular formula is C23H39NO5. The molecule has 4 rings (SSSR count). The maximum Gasteiger partial charge on any atom is 0.407 e. The fourth-order valence-electron chi connectivity index (χ4n) is 6.32. The standard InChI is InChI=1S/C23H39NO5/c1-15(20(25)26)19(28-7-5-6-24-21(27)29-22(2,3)4)14-23-11-16-8-17(12-23)10-18(9-16)13-23/h15-19H,5-14H2,1-4H3,(H,24,27)(H,25,26)/t15-,16?,17?,18?,19-,23?/m1/s1. The van der Waals surface area contributed by atoms with E-state index in [4.69, 9.17) is 9.47 Å². The van der Waals surface area contributed by atoms with Gasteiger partial charge in [0.15, 0.2) is 0 Å². The third kappa shape index (κ3) is 6.09. The molecule has 0 spiro atoms. The van der Waals surface area contributed by atoms with Crippen LogP contribution in [0, 0.1) is 29.1 Å². The third-order valence-electron chi connectivity index (χ3n) is 7.07. The van der Waals surface area contributed by atoms with Crippen molar-refractivity contribution in [3.63, 3.8) is 0 Å². The molecule has 0 aromatic rings. The second kappa shape index (κ2) is 8.83. The fourth-order valence-corrected chi connectivity index (χ4v) is 6.32. The number of amides is 1. The molecule has 4 saturated carbocycles. The first-order valence-electron chi connectivity index (χ1n) is 11.4. The maximum absolute atomic E-state index is 11.7. The highest BCUT2D eigenvalue weighted by Gasteiger charge is 2.52. The third-order valence-corrected chi connectivity index (χ3v) is 7.07. The molecule has 0 saturated heterocycles. The lowest BCUT2D eigenvalue weighted by Crippen LogP contribution is -2.48. The van der Waals surface area contributed by atoms with Gasteiger partial charge in [0.2, 0.25) is 0 Å². The molecule has 29 heavy (non-hydrogen) atoms. The first kappa shape index (κ1) is 22.4. The molecule has 6 nitrogen and oxygen atoms in total. The molecule has 0 heterocycles. The Bertz CT molecular complexity index is 561. The van der Waals surface area contributed by atoms with E-state index < -0.39 is 23.6 Å². The van der Waals surface area contributed by atoms with Crippen LogP contribution in [-0.2, 0) is 14.3 Å². The molecule has 4 bridgehead atoms. The number of carboxylic acids is 1. The Morgan fingerprint density at radius 3 is 2.14 bits per heavy atom. The average Bonchev–Trinajstić information content (AvgIpc) is 2.56. The number of alkyl carbamates (subject to hydrolysis) is 1. The number of aliphatic carboxylic acids is 1. The van der Waals surface area contributed by atoms with Gasteiger partial charge in [-0.15, -0.1) is 0 Å². The lowest BCUT2D eigenvalue weighted by Gasteiger charge is -2.57. The first-order valence-corrected chi connectivity index (χ1v) is 11.4. The summed E-state index contributed by atoms with van der Waals surface area (Å²) >= 11 is 0. The van der Waals surface area contributed by atoms with E-state index in [1.165, 1.54) is 38.5 Å². The van der Waals surface area contributed by atoms with E-state index in [0.29, 0.717) is 19.6 Å². The Morgan fingerprint density at radius 2 is 1.66 bits per heavy atom. The minimum Gasteiger partial charge on any atom is -0.481 e. The average molecular weight is 410 g/mol. The zero-order valence-electron chi connectivity index (χ0n) is 18.5. The second-order valence-electron chi connectivity index (χ2n) is 10.9. The molecule has 0 aromatic carbocycles. The highest BCUT2D eigenvalue weighted by Crippen LogP contribution is 2.62. The number of hydrogen-bond acceptors (Lipinski definition) is 4. The predicted molar refractivity (Wildman–Crippen MR) is 111 cm³/mol. The Balaban J connectivity index is 1.48. The van der Waals surface area contributed by atoms with Crippen LogP contribution in [0.1, 0.15) is 79.1 Å². The van der Waals surface area contributed by atoms with E-state index in [1.807, 2.05) is 20.8 Å². The van der Waals surface area contributed by atoms with E-state index in [9.17, 15) is 14.7 Å². The van der Waals surface area contributed by atoms with Crippen LogP contribution in [0.5, 0.6) is 0 Å². The molecule has 4 aliphatic carbocycles. The van der Waals surface area contributed by atoms with Crippen LogP contribution < -0.4 is 5.32 Å². The SMILES string of the molecule is C[C@@H](C(=O)O)[C@@H](CC12CC3CC(CC(C3)C1)C2)OCCCNC(=O)OC(C)(C)C. The van der Waals surface area contributed by atoms with Crippen molar-refractivity contribution < 1.29 is 24.2 Å². The number of carbonyl (C=O) groups is 2.